The van der Waals surface area contributed by atoms with Crippen LogP contribution in [-0.4, -0.2) is 22.4 Å². The molecule has 7 heteroatoms. The van der Waals surface area contributed by atoms with E-state index in [4.69, 9.17) is 0 Å². The van der Waals surface area contributed by atoms with E-state index in [-0.39, 0.29) is 11.9 Å². The van der Waals surface area contributed by atoms with E-state index in [0.717, 1.165) is 18.6 Å². The standard InChI is InChI=1S/C16H18F2N4O/c1-10(2)5-6-19-15(23)11-8-20-16(21-9-11)22-12-3-4-13(17)14(18)7-12/h3-4,7-10H,5-6H2,1-2H3,(H,19,23)(H,20,21,22). The molecule has 0 radical (unpaired) electrons. The molecule has 2 N–H and O–H groups in total. The Balaban J connectivity index is 1.96. The maximum atomic E-state index is 13.1. The molecular weight excluding hydrogens is 302 g/mol. The van der Waals surface area contributed by atoms with Gasteiger partial charge in [0.05, 0.1) is 5.56 Å². The van der Waals surface area contributed by atoms with Gasteiger partial charge in [0.25, 0.3) is 5.91 Å². The molecule has 0 unspecified atom stereocenters. The average molecular weight is 320 g/mol. The van der Waals surface area contributed by atoms with Gasteiger partial charge in [0.1, 0.15) is 0 Å². The Morgan fingerprint density at radius 2 is 1.87 bits per heavy atom. The second-order valence-electron chi connectivity index (χ2n) is 5.49. The first-order chi connectivity index (χ1) is 11.0. The fourth-order valence-corrected chi connectivity index (χ4v) is 1.79. The predicted molar refractivity (Wildman–Crippen MR) is 83.5 cm³/mol. The summed E-state index contributed by atoms with van der Waals surface area (Å²) in [4.78, 5) is 19.9. The van der Waals surface area contributed by atoms with E-state index in [1.54, 1.807) is 0 Å². The van der Waals surface area contributed by atoms with Crippen molar-refractivity contribution in [3.8, 4) is 0 Å². The normalized spacial score (nSPS) is 10.7. The van der Waals surface area contributed by atoms with Gasteiger partial charge < -0.3 is 10.6 Å². The number of benzene rings is 1. The largest absolute Gasteiger partial charge is 0.352 e. The molecule has 1 heterocycles. The highest BCUT2D eigenvalue weighted by atomic mass is 19.2. The molecular formula is C16H18F2N4O. The summed E-state index contributed by atoms with van der Waals surface area (Å²) in [5.74, 6) is -1.44. The molecule has 0 atom stereocenters. The van der Waals surface area contributed by atoms with Crippen molar-refractivity contribution < 1.29 is 13.6 Å². The maximum absolute atomic E-state index is 13.1. The lowest BCUT2D eigenvalue weighted by Gasteiger charge is -2.08. The first-order valence-electron chi connectivity index (χ1n) is 7.28. The molecule has 1 amide bonds. The molecule has 23 heavy (non-hydrogen) atoms. The summed E-state index contributed by atoms with van der Waals surface area (Å²) >= 11 is 0. The summed E-state index contributed by atoms with van der Waals surface area (Å²) in [5, 5.41) is 5.52. The molecule has 2 aromatic rings. The second-order valence-corrected chi connectivity index (χ2v) is 5.49. The van der Waals surface area contributed by atoms with Crippen LogP contribution in [-0.2, 0) is 0 Å². The number of nitrogens with zero attached hydrogens (tertiary/aromatic N) is 2. The first kappa shape index (κ1) is 16.8. The number of nitrogens with one attached hydrogen (secondary N) is 2. The third kappa shape index (κ3) is 4.98. The number of hydrogen-bond acceptors (Lipinski definition) is 4. The molecule has 0 fully saturated rings. The zero-order valence-electron chi connectivity index (χ0n) is 12.9. The van der Waals surface area contributed by atoms with Gasteiger partial charge in [-0.05, 0) is 24.5 Å². The van der Waals surface area contributed by atoms with Gasteiger partial charge in [0.15, 0.2) is 11.6 Å². The van der Waals surface area contributed by atoms with Crippen molar-refractivity contribution in [1.29, 1.82) is 0 Å². The van der Waals surface area contributed by atoms with Crippen molar-refractivity contribution in [1.82, 2.24) is 15.3 Å². The lowest BCUT2D eigenvalue weighted by Crippen LogP contribution is -2.25. The van der Waals surface area contributed by atoms with Crippen LogP contribution in [0.5, 0.6) is 0 Å². The van der Waals surface area contributed by atoms with Crippen LogP contribution in [0.25, 0.3) is 0 Å². The minimum absolute atomic E-state index is 0.190. The number of carbonyl (C=O) groups is 1. The van der Waals surface area contributed by atoms with E-state index in [2.05, 4.69) is 34.4 Å². The fraction of sp³-hybridized carbons (Fsp3) is 0.312. The molecule has 1 aromatic heterocycles. The summed E-state index contributed by atoms with van der Waals surface area (Å²) in [7, 11) is 0. The van der Waals surface area contributed by atoms with Crippen LogP contribution in [0.15, 0.2) is 30.6 Å². The van der Waals surface area contributed by atoms with Gasteiger partial charge in [-0.2, -0.15) is 0 Å². The van der Waals surface area contributed by atoms with E-state index in [1.807, 2.05) is 0 Å². The van der Waals surface area contributed by atoms with Crippen molar-refractivity contribution in [2.75, 3.05) is 11.9 Å². The minimum atomic E-state index is -0.962. The predicted octanol–water partition coefficient (Wildman–Crippen LogP) is 3.27. The summed E-state index contributed by atoms with van der Waals surface area (Å²) in [5.41, 5.74) is 0.655. The number of amides is 1. The zero-order valence-corrected chi connectivity index (χ0v) is 12.9. The van der Waals surface area contributed by atoms with Crippen molar-refractivity contribution >= 4 is 17.5 Å². The molecule has 5 nitrogen and oxygen atoms in total. The van der Waals surface area contributed by atoms with Gasteiger partial charge in [-0.1, -0.05) is 13.8 Å². The summed E-state index contributed by atoms with van der Waals surface area (Å²) in [6.45, 7) is 4.74. The fourth-order valence-electron chi connectivity index (χ4n) is 1.79. The van der Waals surface area contributed by atoms with Crippen molar-refractivity contribution in [3.63, 3.8) is 0 Å². The third-order valence-electron chi connectivity index (χ3n) is 3.10. The van der Waals surface area contributed by atoms with Crippen molar-refractivity contribution in [3.05, 3.63) is 47.8 Å². The minimum Gasteiger partial charge on any atom is -0.352 e. The maximum Gasteiger partial charge on any atom is 0.254 e. The molecule has 122 valence electrons. The number of rotatable bonds is 6. The number of carbonyl (C=O) groups excluding carboxylic acids is 1. The Morgan fingerprint density at radius 3 is 2.48 bits per heavy atom. The Labute approximate surface area is 133 Å². The van der Waals surface area contributed by atoms with Crippen LogP contribution in [0.4, 0.5) is 20.4 Å². The zero-order chi connectivity index (χ0) is 16.8. The van der Waals surface area contributed by atoms with Gasteiger partial charge in [-0.25, -0.2) is 18.7 Å². The van der Waals surface area contributed by atoms with Crippen LogP contribution in [0, 0.1) is 17.6 Å². The third-order valence-corrected chi connectivity index (χ3v) is 3.10. The van der Waals surface area contributed by atoms with Gasteiger partial charge in [-0.3, -0.25) is 4.79 Å². The first-order valence-corrected chi connectivity index (χ1v) is 7.28. The van der Waals surface area contributed by atoms with Gasteiger partial charge >= 0.3 is 0 Å². The van der Waals surface area contributed by atoms with E-state index >= 15 is 0 Å². The molecule has 1 aromatic carbocycles. The van der Waals surface area contributed by atoms with E-state index < -0.39 is 11.6 Å². The lowest BCUT2D eigenvalue weighted by atomic mass is 10.1. The van der Waals surface area contributed by atoms with Gasteiger partial charge in [0, 0.05) is 30.7 Å². The van der Waals surface area contributed by atoms with Crippen LogP contribution < -0.4 is 10.6 Å². The van der Waals surface area contributed by atoms with Crippen molar-refractivity contribution in [2.45, 2.75) is 20.3 Å². The molecule has 0 bridgehead atoms. The average Bonchev–Trinajstić information content (AvgIpc) is 2.51. The number of halogens is 2. The number of anilines is 2. The van der Waals surface area contributed by atoms with E-state index in [1.165, 1.54) is 18.5 Å². The topological polar surface area (TPSA) is 66.9 Å². The van der Waals surface area contributed by atoms with Crippen LogP contribution >= 0.6 is 0 Å². The van der Waals surface area contributed by atoms with Crippen LogP contribution in [0.3, 0.4) is 0 Å². The highest BCUT2D eigenvalue weighted by Crippen LogP contribution is 2.16. The monoisotopic (exact) mass is 320 g/mol. The smallest absolute Gasteiger partial charge is 0.254 e. The molecule has 0 spiro atoms. The Bertz CT molecular complexity index is 674. The van der Waals surface area contributed by atoms with Gasteiger partial charge in [0.2, 0.25) is 5.95 Å². The highest BCUT2D eigenvalue weighted by molar-refractivity contribution is 5.93. The van der Waals surface area contributed by atoms with Crippen LogP contribution in [0.1, 0.15) is 30.6 Å². The Hall–Kier alpha value is -2.57. The van der Waals surface area contributed by atoms with Crippen LogP contribution in [0.2, 0.25) is 0 Å². The molecule has 0 saturated heterocycles. The Kier molecular flexibility index (Phi) is 5.56. The van der Waals surface area contributed by atoms with Crippen molar-refractivity contribution in [2.24, 2.45) is 5.92 Å². The molecule has 2 rings (SSSR count). The highest BCUT2D eigenvalue weighted by Gasteiger charge is 2.08. The molecule has 0 aliphatic carbocycles. The molecule has 0 aliphatic rings. The quantitative estimate of drug-likeness (QED) is 0.857. The summed E-state index contributed by atoms with van der Waals surface area (Å²) < 4.78 is 26.0. The number of hydrogen-bond donors (Lipinski definition) is 2. The number of aromatic nitrogens is 2. The summed E-state index contributed by atoms with van der Waals surface area (Å²) in [6, 6.07) is 3.38. The Morgan fingerprint density at radius 1 is 1.17 bits per heavy atom. The van der Waals surface area contributed by atoms with E-state index in [9.17, 15) is 13.6 Å². The van der Waals surface area contributed by atoms with E-state index in [0.29, 0.717) is 23.7 Å². The SMILES string of the molecule is CC(C)CCNC(=O)c1cnc(Nc2ccc(F)c(F)c2)nc1. The summed E-state index contributed by atoms with van der Waals surface area (Å²) in [6.07, 6.45) is 3.64. The lowest BCUT2D eigenvalue weighted by molar-refractivity contribution is 0.0951. The molecule has 0 aliphatic heterocycles. The molecule has 0 saturated carbocycles. The second kappa shape index (κ2) is 7.62. The van der Waals surface area contributed by atoms with Gasteiger partial charge in [-0.15, -0.1) is 0 Å².